The first kappa shape index (κ1) is 12.5. The fourth-order valence-electron chi connectivity index (χ4n) is 1.71. The second kappa shape index (κ2) is 6.11. The van der Waals surface area contributed by atoms with E-state index in [9.17, 15) is 0 Å². The maximum absolute atomic E-state index is 8.92. The van der Waals surface area contributed by atoms with Crippen LogP contribution in [0.3, 0.4) is 0 Å². The van der Waals surface area contributed by atoms with Gasteiger partial charge in [-0.3, -0.25) is 0 Å². The van der Waals surface area contributed by atoms with Crippen molar-refractivity contribution in [1.82, 2.24) is 0 Å². The van der Waals surface area contributed by atoms with E-state index in [1.54, 1.807) is 0 Å². The zero-order chi connectivity index (χ0) is 11.3. The molecule has 1 aromatic rings. The Hall–Kier alpha value is -0.570. The minimum Gasteiger partial charge on any atom is -0.395 e. The maximum atomic E-state index is 8.92. The monoisotopic (exact) mass is 227 g/mol. The third kappa shape index (κ3) is 3.82. The third-order valence-corrected chi connectivity index (χ3v) is 2.91. The van der Waals surface area contributed by atoms with Crippen molar-refractivity contribution in [3.63, 3.8) is 0 Å². The van der Waals surface area contributed by atoms with E-state index in [-0.39, 0.29) is 12.6 Å². The topological polar surface area (TPSA) is 46.2 Å². The van der Waals surface area contributed by atoms with Crippen LogP contribution in [-0.4, -0.2) is 17.8 Å². The molecule has 84 valence electrons. The normalized spacial score (nSPS) is 14.9. The predicted octanol–water partition coefficient (Wildman–Crippen LogP) is 2.54. The van der Waals surface area contributed by atoms with Crippen molar-refractivity contribution in [2.24, 2.45) is 5.73 Å². The second-order valence-electron chi connectivity index (χ2n) is 3.84. The molecule has 0 radical (unpaired) electrons. The largest absolute Gasteiger partial charge is 0.395 e. The van der Waals surface area contributed by atoms with Crippen LogP contribution in [0, 0.1) is 0 Å². The van der Waals surface area contributed by atoms with E-state index in [2.05, 4.69) is 6.92 Å². The molecule has 0 bridgehead atoms. The van der Waals surface area contributed by atoms with Gasteiger partial charge >= 0.3 is 0 Å². The average Bonchev–Trinajstić information content (AvgIpc) is 2.27. The van der Waals surface area contributed by atoms with Gasteiger partial charge in [-0.2, -0.15) is 0 Å². The highest BCUT2D eigenvalue weighted by atomic mass is 35.5. The van der Waals surface area contributed by atoms with E-state index in [1.807, 2.05) is 24.3 Å². The van der Waals surface area contributed by atoms with E-state index in [1.165, 1.54) is 5.56 Å². The van der Waals surface area contributed by atoms with Gasteiger partial charge in [-0.15, -0.1) is 0 Å². The van der Waals surface area contributed by atoms with Crippen molar-refractivity contribution < 1.29 is 5.11 Å². The van der Waals surface area contributed by atoms with Gasteiger partial charge in [0.2, 0.25) is 0 Å². The van der Waals surface area contributed by atoms with Crippen LogP contribution < -0.4 is 5.73 Å². The second-order valence-corrected chi connectivity index (χ2v) is 4.27. The average molecular weight is 228 g/mol. The molecule has 15 heavy (non-hydrogen) atoms. The van der Waals surface area contributed by atoms with Gasteiger partial charge in [-0.25, -0.2) is 0 Å². The number of hydrogen-bond acceptors (Lipinski definition) is 2. The van der Waals surface area contributed by atoms with Gasteiger partial charge in [0.15, 0.2) is 0 Å². The number of hydrogen-bond donors (Lipinski definition) is 2. The maximum Gasteiger partial charge on any atom is 0.0582 e. The lowest BCUT2D eigenvalue weighted by Gasteiger charge is -2.18. The Balaban J connectivity index is 2.69. The van der Waals surface area contributed by atoms with Crippen LogP contribution >= 0.6 is 11.6 Å². The minimum atomic E-state index is -0.134. The third-order valence-electron chi connectivity index (χ3n) is 2.66. The first-order valence-electron chi connectivity index (χ1n) is 5.29. The molecule has 3 N–H and O–H groups in total. The first-order valence-corrected chi connectivity index (χ1v) is 5.67. The van der Waals surface area contributed by atoms with Gasteiger partial charge in [-0.1, -0.05) is 30.7 Å². The van der Waals surface area contributed by atoms with E-state index in [0.29, 0.717) is 5.92 Å². The Morgan fingerprint density at radius 2 is 1.93 bits per heavy atom. The fourth-order valence-corrected chi connectivity index (χ4v) is 1.84. The molecule has 1 rings (SSSR count). The van der Waals surface area contributed by atoms with Gasteiger partial charge in [0.1, 0.15) is 0 Å². The highest BCUT2D eigenvalue weighted by Crippen LogP contribution is 2.25. The van der Waals surface area contributed by atoms with Crippen LogP contribution in [0.25, 0.3) is 0 Å². The smallest absolute Gasteiger partial charge is 0.0582 e. The molecule has 2 atom stereocenters. The Morgan fingerprint density at radius 1 is 1.33 bits per heavy atom. The van der Waals surface area contributed by atoms with Gasteiger partial charge < -0.3 is 10.8 Å². The first-order chi connectivity index (χ1) is 7.17. The molecule has 3 heteroatoms. The van der Waals surface area contributed by atoms with E-state index < -0.39 is 0 Å². The van der Waals surface area contributed by atoms with Crippen molar-refractivity contribution in [2.75, 3.05) is 6.61 Å². The lowest BCUT2D eigenvalue weighted by molar-refractivity contribution is 0.253. The van der Waals surface area contributed by atoms with Crippen LogP contribution in [0.5, 0.6) is 0 Å². The number of benzene rings is 1. The van der Waals surface area contributed by atoms with Crippen LogP contribution in [0.4, 0.5) is 0 Å². The summed E-state index contributed by atoms with van der Waals surface area (Å²) in [6.45, 7) is 2.17. The molecule has 2 nitrogen and oxygen atoms in total. The van der Waals surface area contributed by atoms with E-state index >= 15 is 0 Å². The van der Waals surface area contributed by atoms with Crippen LogP contribution in [0.1, 0.15) is 31.2 Å². The van der Waals surface area contributed by atoms with Crippen molar-refractivity contribution in [3.05, 3.63) is 34.9 Å². The molecular weight excluding hydrogens is 210 g/mol. The van der Waals surface area contributed by atoms with Gasteiger partial charge in [0.05, 0.1) is 6.61 Å². The highest BCUT2D eigenvalue weighted by molar-refractivity contribution is 6.30. The van der Waals surface area contributed by atoms with Crippen molar-refractivity contribution in [3.8, 4) is 0 Å². The lowest BCUT2D eigenvalue weighted by atomic mass is 9.90. The lowest BCUT2D eigenvalue weighted by Crippen LogP contribution is -2.26. The molecule has 0 aliphatic heterocycles. The number of halogens is 1. The van der Waals surface area contributed by atoms with E-state index in [0.717, 1.165) is 17.9 Å². The number of rotatable bonds is 5. The van der Waals surface area contributed by atoms with Crippen molar-refractivity contribution >= 4 is 11.6 Å². The summed E-state index contributed by atoms with van der Waals surface area (Å²) in [5.41, 5.74) is 6.98. The molecule has 0 spiro atoms. The molecule has 0 aliphatic rings. The molecule has 0 saturated carbocycles. The Labute approximate surface area is 96.1 Å². The van der Waals surface area contributed by atoms with Crippen molar-refractivity contribution in [1.29, 1.82) is 0 Å². The van der Waals surface area contributed by atoms with E-state index in [4.69, 9.17) is 22.4 Å². The fraction of sp³-hybridized carbons (Fsp3) is 0.500. The summed E-state index contributed by atoms with van der Waals surface area (Å²) < 4.78 is 0. The molecule has 0 saturated heterocycles. The molecule has 1 aromatic carbocycles. The molecule has 0 heterocycles. The van der Waals surface area contributed by atoms with Crippen LogP contribution in [0.2, 0.25) is 5.02 Å². The van der Waals surface area contributed by atoms with Crippen LogP contribution in [0.15, 0.2) is 24.3 Å². The summed E-state index contributed by atoms with van der Waals surface area (Å²) in [5.74, 6) is 0.407. The molecular formula is C12H18ClNO. The summed E-state index contributed by atoms with van der Waals surface area (Å²) in [5, 5.41) is 9.67. The van der Waals surface area contributed by atoms with Gasteiger partial charge in [0.25, 0.3) is 0 Å². The van der Waals surface area contributed by atoms with Gasteiger partial charge in [-0.05, 0) is 36.5 Å². The standard InChI is InChI=1S/C12H18ClNO/c1-2-9(7-12(14)8-15)10-3-5-11(13)6-4-10/h3-6,9,12,15H,2,7-8,14H2,1H3/t9?,12-/m0/s1. The molecule has 1 unspecified atom stereocenters. The van der Waals surface area contributed by atoms with Gasteiger partial charge in [0, 0.05) is 11.1 Å². The Morgan fingerprint density at radius 3 is 2.40 bits per heavy atom. The Bertz CT molecular complexity index is 286. The molecule has 0 fully saturated rings. The summed E-state index contributed by atoms with van der Waals surface area (Å²) in [7, 11) is 0. The molecule has 0 amide bonds. The summed E-state index contributed by atoms with van der Waals surface area (Å²) >= 11 is 5.83. The summed E-state index contributed by atoms with van der Waals surface area (Å²) in [6, 6.07) is 7.71. The zero-order valence-corrected chi connectivity index (χ0v) is 9.74. The highest BCUT2D eigenvalue weighted by Gasteiger charge is 2.13. The number of nitrogens with two attached hydrogens (primary N) is 1. The minimum absolute atomic E-state index is 0.0457. The van der Waals surface area contributed by atoms with Crippen molar-refractivity contribution in [2.45, 2.75) is 31.7 Å². The SMILES string of the molecule is CCC(C[C@H](N)CO)c1ccc(Cl)cc1. The Kier molecular flexibility index (Phi) is 5.09. The number of aliphatic hydroxyl groups is 1. The zero-order valence-electron chi connectivity index (χ0n) is 8.99. The quantitative estimate of drug-likeness (QED) is 0.812. The molecule has 0 aromatic heterocycles. The number of aliphatic hydroxyl groups excluding tert-OH is 1. The summed E-state index contributed by atoms with van der Waals surface area (Å²) in [4.78, 5) is 0. The predicted molar refractivity (Wildman–Crippen MR) is 64.2 cm³/mol. The summed E-state index contributed by atoms with van der Waals surface area (Å²) in [6.07, 6.45) is 1.84. The van der Waals surface area contributed by atoms with Crippen LogP contribution in [-0.2, 0) is 0 Å². The molecule has 0 aliphatic carbocycles.